The van der Waals surface area contributed by atoms with Gasteiger partial charge in [0.05, 0.1) is 19.0 Å². The molecule has 0 aromatic carbocycles. The van der Waals surface area contributed by atoms with E-state index in [2.05, 4.69) is 10.3 Å². The summed E-state index contributed by atoms with van der Waals surface area (Å²) < 4.78 is 30.6. The van der Waals surface area contributed by atoms with Gasteiger partial charge in [0.25, 0.3) is 0 Å². The Bertz CT molecular complexity index is 394. The van der Waals surface area contributed by atoms with Crippen LogP contribution in [0.1, 0.15) is 13.8 Å². The number of ether oxygens (including phenoxy) is 1. The summed E-state index contributed by atoms with van der Waals surface area (Å²) in [6, 6.07) is 0. The van der Waals surface area contributed by atoms with Crippen molar-refractivity contribution in [2.75, 3.05) is 45.1 Å². The Labute approximate surface area is 138 Å². The van der Waals surface area contributed by atoms with Crippen molar-refractivity contribution in [3.8, 4) is 0 Å². The largest absolute Gasteiger partial charge is 0.379 e. The Morgan fingerprint density at radius 3 is 2.55 bits per heavy atom. The topological polar surface area (TPSA) is 97.0 Å². The molecule has 0 bridgehead atoms. The molecule has 0 aromatic rings. The van der Waals surface area contributed by atoms with Crippen LogP contribution in [0, 0.1) is 5.92 Å². The summed E-state index contributed by atoms with van der Waals surface area (Å²) in [4.78, 5) is 4.11. The lowest BCUT2D eigenvalue weighted by Crippen LogP contribution is -2.44. The van der Waals surface area contributed by atoms with E-state index in [0.717, 1.165) is 0 Å². The highest BCUT2D eigenvalue weighted by Gasteiger charge is 2.23. The van der Waals surface area contributed by atoms with Crippen LogP contribution in [-0.4, -0.2) is 63.8 Å². The van der Waals surface area contributed by atoms with E-state index in [1.165, 1.54) is 4.31 Å². The molecule has 0 amide bonds. The van der Waals surface area contributed by atoms with Crippen molar-refractivity contribution in [1.82, 2.24) is 9.62 Å². The highest BCUT2D eigenvalue weighted by Crippen LogP contribution is 2.04. The highest BCUT2D eigenvalue weighted by atomic mass is 127. The number of guanidine groups is 1. The number of nitrogens with one attached hydrogen (secondary N) is 1. The smallest absolute Gasteiger partial charge is 0.215 e. The first kappa shape index (κ1) is 19.9. The Hall–Kier alpha value is -0.130. The maximum Gasteiger partial charge on any atom is 0.215 e. The molecule has 1 rings (SSSR count). The number of rotatable bonds is 6. The summed E-state index contributed by atoms with van der Waals surface area (Å²) in [5.41, 5.74) is 5.64. The second kappa shape index (κ2) is 9.74. The minimum Gasteiger partial charge on any atom is -0.379 e. The quantitative estimate of drug-likeness (QED) is 0.353. The standard InChI is InChI=1S/C11H24N4O3S.HI/c1-10(2)9-14-11(12)13-3-8-19(16,17)15-4-6-18-7-5-15;/h10H,3-9H2,1-2H3,(H3,12,13,14);1H. The summed E-state index contributed by atoms with van der Waals surface area (Å²) in [6.07, 6.45) is 0. The third-order valence-corrected chi connectivity index (χ3v) is 4.53. The van der Waals surface area contributed by atoms with E-state index in [1.807, 2.05) is 13.8 Å². The van der Waals surface area contributed by atoms with Gasteiger partial charge < -0.3 is 15.8 Å². The van der Waals surface area contributed by atoms with E-state index in [1.54, 1.807) is 0 Å². The van der Waals surface area contributed by atoms with Gasteiger partial charge in [0.1, 0.15) is 0 Å². The lowest BCUT2D eigenvalue weighted by Gasteiger charge is -2.26. The zero-order valence-corrected chi connectivity index (χ0v) is 15.2. The summed E-state index contributed by atoms with van der Waals surface area (Å²) in [5.74, 6) is 0.744. The number of morpholine rings is 1. The maximum atomic E-state index is 12.0. The van der Waals surface area contributed by atoms with Crippen molar-refractivity contribution in [3.05, 3.63) is 0 Å². The molecular formula is C11H25IN4O3S. The predicted molar refractivity (Wildman–Crippen MR) is 90.9 cm³/mol. The monoisotopic (exact) mass is 420 g/mol. The van der Waals surface area contributed by atoms with Crippen LogP contribution in [-0.2, 0) is 14.8 Å². The Morgan fingerprint density at radius 2 is 2.00 bits per heavy atom. The molecule has 1 fully saturated rings. The predicted octanol–water partition coefficient (Wildman–Crippen LogP) is -0.173. The third-order valence-electron chi connectivity index (χ3n) is 2.66. The zero-order chi connectivity index (χ0) is 14.3. The lowest BCUT2D eigenvalue weighted by molar-refractivity contribution is 0.0730. The van der Waals surface area contributed by atoms with E-state index in [9.17, 15) is 8.42 Å². The summed E-state index contributed by atoms with van der Waals surface area (Å²) >= 11 is 0. The van der Waals surface area contributed by atoms with Crippen LogP contribution in [0.5, 0.6) is 0 Å². The van der Waals surface area contributed by atoms with Gasteiger partial charge in [-0.2, -0.15) is 4.31 Å². The van der Waals surface area contributed by atoms with Gasteiger partial charge in [-0.1, -0.05) is 13.8 Å². The fourth-order valence-electron chi connectivity index (χ4n) is 1.60. The van der Waals surface area contributed by atoms with Crippen molar-refractivity contribution in [2.24, 2.45) is 16.6 Å². The average Bonchev–Trinajstić information content (AvgIpc) is 2.37. The van der Waals surface area contributed by atoms with Gasteiger partial charge in [-0.3, -0.25) is 4.99 Å². The molecule has 9 heteroatoms. The van der Waals surface area contributed by atoms with Crippen LogP contribution < -0.4 is 11.1 Å². The summed E-state index contributed by atoms with van der Waals surface area (Å²) in [5, 5.41) is 2.82. The fraction of sp³-hybridized carbons (Fsp3) is 0.909. The molecule has 1 aliphatic heterocycles. The third kappa shape index (κ3) is 7.60. The molecule has 0 unspecified atom stereocenters. The second-order valence-electron chi connectivity index (χ2n) is 4.87. The van der Waals surface area contributed by atoms with Crippen LogP contribution in [0.25, 0.3) is 0 Å². The minimum absolute atomic E-state index is 0. The van der Waals surface area contributed by atoms with E-state index < -0.39 is 10.0 Å². The first-order valence-electron chi connectivity index (χ1n) is 6.51. The number of halogens is 1. The van der Waals surface area contributed by atoms with E-state index in [-0.39, 0.29) is 36.3 Å². The van der Waals surface area contributed by atoms with Crippen LogP contribution in [0.15, 0.2) is 4.99 Å². The molecule has 1 saturated heterocycles. The molecule has 0 radical (unpaired) electrons. The molecule has 7 nitrogen and oxygen atoms in total. The summed E-state index contributed by atoms with van der Waals surface area (Å²) in [6.45, 7) is 6.77. The second-order valence-corrected chi connectivity index (χ2v) is 6.96. The van der Waals surface area contributed by atoms with Crippen LogP contribution in [0.4, 0.5) is 0 Å². The normalized spacial score (nSPS) is 17.9. The zero-order valence-electron chi connectivity index (χ0n) is 12.0. The van der Waals surface area contributed by atoms with Crippen molar-refractivity contribution >= 4 is 40.0 Å². The summed E-state index contributed by atoms with van der Waals surface area (Å²) in [7, 11) is -3.23. The Morgan fingerprint density at radius 1 is 1.40 bits per heavy atom. The highest BCUT2D eigenvalue weighted by molar-refractivity contribution is 14.0. The van der Waals surface area contributed by atoms with Gasteiger partial charge in [0.2, 0.25) is 10.0 Å². The fourth-order valence-corrected chi connectivity index (χ4v) is 2.92. The Kier molecular flexibility index (Phi) is 9.68. The molecule has 0 aliphatic carbocycles. The van der Waals surface area contributed by atoms with Gasteiger partial charge >= 0.3 is 0 Å². The number of sulfonamides is 1. The molecule has 0 atom stereocenters. The van der Waals surface area contributed by atoms with Crippen LogP contribution >= 0.6 is 24.0 Å². The van der Waals surface area contributed by atoms with Crippen LogP contribution in [0.3, 0.4) is 0 Å². The van der Waals surface area contributed by atoms with Gasteiger partial charge in [-0.05, 0) is 5.92 Å². The first-order valence-corrected chi connectivity index (χ1v) is 8.12. The molecule has 0 aromatic heterocycles. The van der Waals surface area contributed by atoms with E-state index in [0.29, 0.717) is 44.7 Å². The number of hydrogen-bond acceptors (Lipinski definition) is 4. The molecular weight excluding hydrogens is 395 g/mol. The number of nitrogens with two attached hydrogens (primary N) is 1. The van der Waals surface area contributed by atoms with Crippen molar-refractivity contribution in [2.45, 2.75) is 13.8 Å². The molecule has 20 heavy (non-hydrogen) atoms. The molecule has 0 spiro atoms. The van der Waals surface area contributed by atoms with Gasteiger partial charge in [-0.25, -0.2) is 8.42 Å². The van der Waals surface area contributed by atoms with E-state index in [4.69, 9.17) is 10.5 Å². The van der Waals surface area contributed by atoms with Crippen molar-refractivity contribution in [3.63, 3.8) is 0 Å². The van der Waals surface area contributed by atoms with Crippen molar-refractivity contribution < 1.29 is 13.2 Å². The van der Waals surface area contributed by atoms with Gasteiger partial charge in [0, 0.05) is 26.2 Å². The average molecular weight is 420 g/mol. The van der Waals surface area contributed by atoms with Crippen molar-refractivity contribution in [1.29, 1.82) is 0 Å². The number of aliphatic imine (C=N–C) groups is 1. The maximum absolute atomic E-state index is 12.0. The number of nitrogens with zero attached hydrogens (tertiary/aromatic N) is 2. The molecule has 0 saturated carbocycles. The lowest BCUT2D eigenvalue weighted by atomic mass is 10.2. The Balaban J connectivity index is 0.00000361. The molecule has 1 heterocycles. The van der Waals surface area contributed by atoms with Gasteiger partial charge in [-0.15, -0.1) is 24.0 Å². The van der Waals surface area contributed by atoms with Gasteiger partial charge in [0.15, 0.2) is 5.96 Å². The number of hydrogen-bond donors (Lipinski definition) is 2. The molecule has 1 aliphatic rings. The van der Waals surface area contributed by atoms with Crippen LogP contribution in [0.2, 0.25) is 0 Å². The molecule has 120 valence electrons. The SMILES string of the molecule is CC(C)CN=C(N)NCCS(=O)(=O)N1CCOCC1.I. The van der Waals surface area contributed by atoms with E-state index >= 15 is 0 Å². The minimum atomic E-state index is -3.23. The first-order chi connectivity index (χ1) is 8.92. The molecule has 3 N–H and O–H groups in total.